The van der Waals surface area contributed by atoms with Crippen LogP contribution in [-0.2, 0) is 4.79 Å². The predicted octanol–water partition coefficient (Wildman–Crippen LogP) is 3.85. The Kier molecular flexibility index (Phi) is 6.12. The van der Waals surface area contributed by atoms with Gasteiger partial charge in [0.15, 0.2) is 0 Å². The largest absolute Gasteiger partial charge is 0.493 e. The summed E-state index contributed by atoms with van der Waals surface area (Å²) < 4.78 is 10.9. The molecule has 30 heavy (non-hydrogen) atoms. The van der Waals surface area contributed by atoms with Crippen LogP contribution in [0.5, 0.6) is 5.75 Å². The summed E-state index contributed by atoms with van der Waals surface area (Å²) in [4.78, 5) is 23.7. The van der Waals surface area contributed by atoms with Crippen molar-refractivity contribution in [2.24, 2.45) is 11.3 Å². The lowest BCUT2D eigenvalue weighted by Crippen LogP contribution is -2.52. The Morgan fingerprint density at radius 2 is 1.87 bits per heavy atom. The minimum Gasteiger partial charge on any atom is -0.493 e. The van der Waals surface area contributed by atoms with Gasteiger partial charge in [0.05, 0.1) is 17.8 Å². The van der Waals surface area contributed by atoms with Crippen molar-refractivity contribution in [3.05, 3.63) is 40.8 Å². The Morgan fingerprint density at radius 1 is 1.17 bits per heavy atom. The molecule has 3 atom stereocenters. The van der Waals surface area contributed by atoms with Crippen LogP contribution in [0.4, 0.5) is 0 Å². The smallest absolute Gasteiger partial charge is 0.336 e. The molecule has 2 N–H and O–H groups in total. The summed E-state index contributed by atoms with van der Waals surface area (Å²) >= 11 is 0. The van der Waals surface area contributed by atoms with Crippen molar-refractivity contribution in [1.29, 1.82) is 0 Å². The van der Waals surface area contributed by atoms with Crippen LogP contribution >= 0.6 is 0 Å². The summed E-state index contributed by atoms with van der Waals surface area (Å²) in [5, 5.41) is 22.5. The van der Waals surface area contributed by atoms with E-state index in [-0.39, 0.29) is 11.7 Å². The summed E-state index contributed by atoms with van der Waals surface area (Å²) in [6.07, 6.45) is 2.27. The fourth-order valence-electron chi connectivity index (χ4n) is 4.61. The molecular formula is C24H32O6. The number of benzene rings is 1. The highest BCUT2D eigenvalue weighted by Crippen LogP contribution is 2.47. The van der Waals surface area contributed by atoms with E-state index < -0.39 is 22.2 Å². The molecule has 1 aliphatic carbocycles. The third kappa shape index (κ3) is 4.93. The number of carbonyl (C=O) groups excluding carboxylic acids is 1. The first-order chi connectivity index (χ1) is 13.9. The van der Waals surface area contributed by atoms with Crippen LogP contribution in [0, 0.1) is 11.3 Å². The molecule has 1 heterocycles. The molecule has 164 valence electrons. The third-order valence-electron chi connectivity index (χ3n) is 6.67. The fraction of sp³-hybridized carbons (Fsp3) is 0.583. The Hall–Kier alpha value is -2.18. The van der Waals surface area contributed by atoms with Gasteiger partial charge in [-0.05, 0) is 57.2 Å². The Bertz CT molecular complexity index is 969. The maximum Gasteiger partial charge on any atom is 0.336 e. The fourth-order valence-corrected chi connectivity index (χ4v) is 4.61. The van der Waals surface area contributed by atoms with E-state index in [1.165, 1.54) is 6.07 Å². The molecule has 1 fully saturated rings. The van der Waals surface area contributed by atoms with E-state index in [0.717, 1.165) is 5.39 Å². The second-order valence-electron chi connectivity index (χ2n) is 9.64. The van der Waals surface area contributed by atoms with Crippen molar-refractivity contribution in [1.82, 2.24) is 0 Å². The molecule has 0 bridgehead atoms. The molecular weight excluding hydrogens is 384 g/mol. The Balaban J connectivity index is 1.57. The lowest BCUT2D eigenvalue weighted by atomic mass is 9.59. The van der Waals surface area contributed by atoms with Crippen LogP contribution in [0.25, 0.3) is 11.0 Å². The second-order valence-corrected chi connectivity index (χ2v) is 9.64. The SMILES string of the molecule is CC1(C)C(=O)CC[C@@](C)(O)[C@H]1CC[C@@](C)(O)CCOc1ccc2ccc(=O)oc2c1. The molecule has 1 aliphatic rings. The lowest BCUT2D eigenvalue weighted by Gasteiger charge is -2.47. The van der Waals surface area contributed by atoms with Gasteiger partial charge in [-0.3, -0.25) is 4.79 Å². The van der Waals surface area contributed by atoms with Gasteiger partial charge in [-0.25, -0.2) is 4.79 Å². The molecule has 1 saturated carbocycles. The van der Waals surface area contributed by atoms with E-state index >= 15 is 0 Å². The minimum absolute atomic E-state index is 0.171. The first-order valence-corrected chi connectivity index (χ1v) is 10.6. The van der Waals surface area contributed by atoms with Crippen LogP contribution < -0.4 is 10.4 Å². The summed E-state index contributed by atoms with van der Waals surface area (Å²) in [5.41, 5.74) is -2.47. The van der Waals surface area contributed by atoms with Crippen LogP contribution in [0.1, 0.15) is 59.8 Å². The van der Waals surface area contributed by atoms with Gasteiger partial charge in [-0.1, -0.05) is 13.8 Å². The number of hydrogen-bond acceptors (Lipinski definition) is 6. The standard InChI is InChI=1S/C24H32O6/c1-22(2)19(24(4,28)12-10-20(22)25)9-11-23(3,27)13-14-29-17-7-5-16-6-8-21(26)30-18(16)15-17/h5-8,15,19,27-28H,9-14H2,1-4H3/t19-,23+,24+/m0/s1. The molecule has 3 rings (SSSR count). The van der Waals surface area contributed by atoms with Crippen LogP contribution in [0.3, 0.4) is 0 Å². The van der Waals surface area contributed by atoms with E-state index in [1.807, 2.05) is 19.9 Å². The van der Waals surface area contributed by atoms with E-state index in [1.54, 1.807) is 32.0 Å². The van der Waals surface area contributed by atoms with Crippen molar-refractivity contribution in [3.63, 3.8) is 0 Å². The number of hydrogen-bond donors (Lipinski definition) is 2. The number of ether oxygens (including phenoxy) is 1. The average Bonchev–Trinajstić information content (AvgIpc) is 2.64. The quantitative estimate of drug-likeness (QED) is 0.666. The molecule has 0 radical (unpaired) electrons. The average molecular weight is 417 g/mol. The van der Waals surface area contributed by atoms with Gasteiger partial charge in [0, 0.05) is 35.8 Å². The molecule has 0 saturated heterocycles. The zero-order valence-corrected chi connectivity index (χ0v) is 18.2. The summed E-state index contributed by atoms with van der Waals surface area (Å²) in [6, 6.07) is 8.35. The topological polar surface area (TPSA) is 97.0 Å². The van der Waals surface area contributed by atoms with Gasteiger partial charge in [0.1, 0.15) is 17.1 Å². The normalized spacial score (nSPS) is 25.8. The first kappa shape index (κ1) is 22.5. The molecule has 0 amide bonds. The number of rotatable bonds is 7. The maximum atomic E-state index is 12.4. The van der Waals surface area contributed by atoms with Crippen molar-refractivity contribution in [2.75, 3.05) is 6.61 Å². The third-order valence-corrected chi connectivity index (χ3v) is 6.67. The van der Waals surface area contributed by atoms with Gasteiger partial charge in [0.25, 0.3) is 0 Å². The zero-order valence-electron chi connectivity index (χ0n) is 18.2. The molecule has 0 aliphatic heterocycles. The predicted molar refractivity (Wildman–Crippen MR) is 115 cm³/mol. The van der Waals surface area contributed by atoms with E-state index in [0.29, 0.717) is 50.0 Å². The van der Waals surface area contributed by atoms with E-state index in [2.05, 4.69) is 0 Å². The minimum atomic E-state index is -0.990. The van der Waals surface area contributed by atoms with Crippen molar-refractivity contribution >= 4 is 16.8 Å². The molecule has 1 aromatic heterocycles. The highest BCUT2D eigenvalue weighted by Gasteiger charge is 2.50. The van der Waals surface area contributed by atoms with Crippen molar-refractivity contribution < 1.29 is 24.2 Å². The highest BCUT2D eigenvalue weighted by atomic mass is 16.5. The number of fused-ring (bicyclic) bond motifs is 1. The molecule has 2 aromatic rings. The molecule has 0 spiro atoms. The van der Waals surface area contributed by atoms with Gasteiger partial charge in [-0.15, -0.1) is 0 Å². The summed E-state index contributed by atoms with van der Waals surface area (Å²) in [5.74, 6) is 0.529. The molecule has 1 aromatic carbocycles. The van der Waals surface area contributed by atoms with Crippen LogP contribution in [0.2, 0.25) is 0 Å². The number of Topliss-reactive ketones (excluding diaryl/α,β-unsaturated/α-hetero) is 1. The van der Waals surface area contributed by atoms with Crippen molar-refractivity contribution in [3.8, 4) is 5.75 Å². The van der Waals surface area contributed by atoms with Crippen molar-refractivity contribution in [2.45, 2.75) is 71.0 Å². The van der Waals surface area contributed by atoms with E-state index in [9.17, 15) is 19.8 Å². The maximum absolute atomic E-state index is 12.4. The second kappa shape index (κ2) is 8.16. The first-order valence-electron chi connectivity index (χ1n) is 10.6. The Morgan fingerprint density at radius 3 is 2.60 bits per heavy atom. The lowest BCUT2D eigenvalue weighted by molar-refractivity contribution is -0.151. The number of carbonyl (C=O) groups is 1. The summed E-state index contributed by atoms with van der Waals surface area (Å²) in [6.45, 7) is 7.62. The van der Waals surface area contributed by atoms with E-state index in [4.69, 9.17) is 9.15 Å². The highest BCUT2D eigenvalue weighted by molar-refractivity contribution is 5.85. The van der Waals surface area contributed by atoms with Crippen LogP contribution in [-0.4, -0.2) is 33.8 Å². The Labute approximate surface area is 176 Å². The van der Waals surface area contributed by atoms with Crippen LogP contribution in [0.15, 0.2) is 39.5 Å². The summed E-state index contributed by atoms with van der Waals surface area (Å²) in [7, 11) is 0. The molecule has 0 unspecified atom stereocenters. The van der Waals surface area contributed by atoms with Gasteiger partial charge in [0.2, 0.25) is 0 Å². The molecule has 6 heteroatoms. The van der Waals surface area contributed by atoms with Gasteiger partial charge in [-0.2, -0.15) is 0 Å². The monoisotopic (exact) mass is 416 g/mol. The number of ketones is 1. The van der Waals surface area contributed by atoms with Gasteiger partial charge >= 0.3 is 5.63 Å². The molecule has 6 nitrogen and oxygen atoms in total. The number of aliphatic hydroxyl groups is 2. The zero-order chi connectivity index (χ0) is 22.2. The van der Waals surface area contributed by atoms with Gasteiger partial charge < -0.3 is 19.4 Å².